The van der Waals surface area contributed by atoms with Crippen molar-refractivity contribution >= 4 is 34.8 Å². The molecule has 0 aromatic heterocycles. The molecule has 0 atom stereocenters. The quantitative estimate of drug-likeness (QED) is 0.681. The molecule has 2 aromatic carbocycles. The number of carbonyl (C=O) groups is 1. The summed E-state index contributed by atoms with van der Waals surface area (Å²) in [6, 6.07) is 16.0. The lowest BCUT2D eigenvalue weighted by Crippen LogP contribution is -2.47. The molecule has 1 aliphatic rings. The fourth-order valence-corrected chi connectivity index (χ4v) is 4.06. The monoisotopic (exact) mass is 390 g/mol. The van der Waals surface area contributed by atoms with Gasteiger partial charge in [0.25, 0.3) is 0 Å². The smallest absolute Gasteiger partial charge is 0.227 e. The number of anilines is 1. The van der Waals surface area contributed by atoms with Gasteiger partial charge in [0.1, 0.15) is 0 Å². The van der Waals surface area contributed by atoms with E-state index in [9.17, 15) is 4.79 Å². The normalized spacial score (nSPS) is 15.8. The number of carbonyl (C=O) groups excluding carboxylic acids is 1. The van der Waals surface area contributed by atoms with Gasteiger partial charge in [-0.15, -0.1) is 0 Å². The summed E-state index contributed by atoms with van der Waals surface area (Å²) in [6.45, 7) is 4.79. The van der Waals surface area contributed by atoms with Crippen LogP contribution in [-0.2, 0) is 11.3 Å². The van der Waals surface area contributed by atoms with Crippen LogP contribution in [0.15, 0.2) is 48.5 Å². The third kappa shape index (κ3) is 4.59. The molecule has 1 saturated heterocycles. The zero-order valence-electron chi connectivity index (χ0n) is 15.0. The van der Waals surface area contributed by atoms with Crippen molar-refractivity contribution in [2.75, 3.05) is 18.0 Å². The number of likely N-dealkylation sites (tertiary alicyclic amines) is 1. The van der Waals surface area contributed by atoms with Crippen molar-refractivity contribution in [3.05, 3.63) is 64.1 Å². The molecule has 0 bridgehead atoms. The van der Waals surface area contributed by atoms with Crippen LogP contribution in [0.3, 0.4) is 0 Å². The fraction of sp³-hybridized carbons (Fsp3) is 0.381. The highest BCUT2D eigenvalue weighted by Crippen LogP contribution is 2.33. The first kappa shape index (κ1) is 19.2. The molecule has 0 radical (unpaired) electrons. The number of hydrogen-bond acceptors (Lipinski definition) is 2. The Kier molecular flexibility index (Phi) is 6.58. The summed E-state index contributed by atoms with van der Waals surface area (Å²) < 4.78 is 0. The highest BCUT2D eigenvalue weighted by atomic mass is 35.5. The highest BCUT2D eigenvalue weighted by Gasteiger charge is 2.29. The van der Waals surface area contributed by atoms with E-state index in [1.807, 2.05) is 24.0 Å². The minimum absolute atomic E-state index is 0.107. The Hall–Kier alpha value is -1.55. The average molecular weight is 391 g/mol. The summed E-state index contributed by atoms with van der Waals surface area (Å²) >= 11 is 12.4. The molecule has 3 nitrogen and oxygen atoms in total. The summed E-state index contributed by atoms with van der Waals surface area (Å²) in [7, 11) is 0. The van der Waals surface area contributed by atoms with Crippen molar-refractivity contribution in [3.8, 4) is 0 Å². The van der Waals surface area contributed by atoms with Gasteiger partial charge in [0, 0.05) is 37.1 Å². The van der Waals surface area contributed by atoms with E-state index in [0.717, 1.165) is 38.2 Å². The van der Waals surface area contributed by atoms with E-state index in [-0.39, 0.29) is 11.9 Å². The van der Waals surface area contributed by atoms with Gasteiger partial charge in [-0.3, -0.25) is 9.69 Å². The second-order valence-corrected chi connectivity index (χ2v) is 7.55. The minimum atomic E-state index is 0.107. The second kappa shape index (κ2) is 8.90. The van der Waals surface area contributed by atoms with Gasteiger partial charge in [-0.25, -0.2) is 0 Å². The molecule has 2 aromatic rings. The van der Waals surface area contributed by atoms with Crippen LogP contribution in [0.1, 0.15) is 31.7 Å². The first-order valence-electron chi connectivity index (χ1n) is 9.12. The first-order chi connectivity index (χ1) is 12.6. The molecule has 1 amide bonds. The number of rotatable bonds is 5. The Morgan fingerprint density at radius 1 is 1.12 bits per heavy atom. The topological polar surface area (TPSA) is 23.6 Å². The lowest BCUT2D eigenvalue weighted by Gasteiger charge is -2.39. The molecule has 3 rings (SSSR count). The molecule has 0 N–H and O–H groups in total. The summed E-state index contributed by atoms with van der Waals surface area (Å²) in [6.07, 6.45) is 2.35. The van der Waals surface area contributed by atoms with Crippen molar-refractivity contribution in [1.82, 2.24) is 4.90 Å². The molecular formula is C21H24Cl2N2O. The molecular weight excluding hydrogens is 367 g/mol. The van der Waals surface area contributed by atoms with Crippen LogP contribution in [0.4, 0.5) is 5.69 Å². The van der Waals surface area contributed by atoms with Gasteiger partial charge < -0.3 is 4.90 Å². The number of halogens is 2. The molecule has 5 heteroatoms. The van der Waals surface area contributed by atoms with Crippen LogP contribution in [-0.4, -0.2) is 29.9 Å². The van der Waals surface area contributed by atoms with Crippen LogP contribution in [0.2, 0.25) is 10.0 Å². The van der Waals surface area contributed by atoms with E-state index in [4.69, 9.17) is 23.2 Å². The molecule has 1 heterocycles. The van der Waals surface area contributed by atoms with Crippen LogP contribution in [0.25, 0.3) is 0 Å². The molecule has 0 unspecified atom stereocenters. The third-order valence-corrected chi connectivity index (χ3v) is 5.45. The van der Waals surface area contributed by atoms with Crippen molar-refractivity contribution in [2.24, 2.45) is 0 Å². The van der Waals surface area contributed by atoms with Crippen LogP contribution < -0.4 is 4.90 Å². The summed E-state index contributed by atoms with van der Waals surface area (Å²) in [5, 5.41) is 1.12. The Morgan fingerprint density at radius 2 is 1.81 bits per heavy atom. The van der Waals surface area contributed by atoms with Gasteiger partial charge in [0.05, 0.1) is 10.7 Å². The summed E-state index contributed by atoms with van der Waals surface area (Å²) in [5.41, 5.74) is 2.10. The average Bonchev–Trinajstić information content (AvgIpc) is 2.65. The summed E-state index contributed by atoms with van der Waals surface area (Å²) in [4.78, 5) is 17.0. The van der Waals surface area contributed by atoms with E-state index in [1.54, 1.807) is 12.1 Å². The van der Waals surface area contributed by atoms with Gasteiger partial charge in [-0.2, -0.15) is 0 Å². The first-order valence-corrected chi connectivity index (χ1v) is 9.87. The van der Waals surface area contributed by atoms with Crippen LogP contribution in [0.5, 0.6) is 0 Å². The number of benzene rings is 2. The maximum Gasteiger partial charge on any atom is 0.227 e. The molecule has 1 fully saturated rings. The van der Waals surface area contributed by atoms with Crippen LogP contribution >= 0.6 is 23.2 Å². The Morgan fingerprint density at radius 3 is 2.42 bits per heavy atom. The zero-order chi connectivity index (χ0) is 18.5. The largest absolute Gasteiger partial charge is 0.308 e. The maximum absolute atomic E-state index is 12.6. The maximum atomic E-state index is 12.6. The van der Waals surface area contributed by atoms with E-state index in [1.165, 1.54) is 5.56 Å². The Labute approximate surface area is 165 Å². The van der Waals surface area contributed by atoms with E-state index >= 15 is 0 Å². The Balaban J connectivity index is 1.70. The molecule has 1 aliphatic heterocycles. The molecule has 0 spiro atoms. The number of piperidine rings is 1. The lowest BCUT2D eigenvalue weighted by molar-refractivity contribution is -0.119. The van der Waals surface area contributed by atoms with Crippen molar-refractivity contribution < 1.29 is 4.79 Å². The third-order valence-electron chi connectivity index (χ3n) is 4.91. The SMILES string of the molecule is CCC(=O)N(c1ccc(Cl)cc1Cl)C1CCN(Cc2ccccc2)CC1. The number of hydrogen-bond donors (Lipinski definition) is 0. The predicted octanol–water partition coefficient (Wildman–Crippen LogP) is 5.40. The van der Waals surface area contributed by atoms with Crippen molar-refractivity contribution in [1.29, 1.82) is 0 Å². The van der Waals surface area contributed by atoms with Crippen molar-refractivity contribution in [2.45, 2.75) is 38.8 Å². The molecule has 0 saturated carbocycles. The summed E-state index contributed by atoms with van der Waals surface area (Å²) in [5.74, 6) is 0.107. The standard InChI is InChI=1S/C21H24Cl2N2O/c1-2-21(26)25(20-9-8-17(22)14-19(20)23)18-10-12-24(13-11-18)15-16-6-4-3-5-7-16/h3-9,14,18H,2,10-13,15H2,1H3. The van der Waals surface area contributed by atoms with E-state index in [0.29, 0.717) is 16.5 Å². The fourth-order valence-electron chi connectivity index (χ4n) is 3.56. The Bertz CT molecular complexity index is 743. The van der Waals surface area contributed by atoms with Gasteiger partial charge in [-0.1, -0.05) is 60.5 Å². The van der Waals surface area contributed by atoms with Gasteiger partial charge in [-0.05, 0) is 36.6 Å². The number of amides is 1. The van der Waals surface area contributed by atoms with E-state index in [2.05, 4.69) is 29.2 Å². The van der Waals surface area contributed by atoms with Gasteiger partial charge in [0.2, 0.25) is 5.91 Å². The van der Waals surface area contributed by atoms with Gasteiger partial charge >= 0.3 is 0 Å². The predicted molar refractivity (Wildman–Crippen MR) is 109 cm³/mol. The van der Waals surface area contributed by atoms with Gasteiger partial charge in [0.15, 0.2) is 0 Å². The number of nitrogens with zero attached hydrogens (tertiary/aromatic N) is 2. The van der Waals surface area contributed by atoms with Crippen molar-refractivity contribution in [3.63, 3.8) is 0 Å². The lowest BCUT2D eigenvalue weighted by atomic mass is 10.0. The minimum Gasteiger partial charge on any atom is -0.308 e. The highest BCUT2D eigenvalue weighted by molar-refractivity contribution is 6.36. The van der Waals surface area contributed by atoms with Crippen LogP contribution in [0, 0.1) is 0 Å². The molecule has 26 heavy (non-hydrogen) atoms. The zero-order valence-corrected chi connectivity index (χ0v) is 16.5. The molecule has 138 valence electrons. The second-order valence-electron chi connectivity index (χ2n) is 6.71. The van der Waals surface area contributed by atoms with E-state index < -0.39 is 0 Å². The molecule has 0 aliphatic carbocycles.